The van der Waals surface area contributed by atoms with Crippen molar-refractivity contribution < 1.29 is 9.13 Å². The molecule has 1 aromatic rings. The normalized spacial score (nSPS) is 17.0. The molecule has 3 heteroatoms. The van der Waals surface area contributed by atoms with Crippen LogP contribution in [0.25, 0.3) is 6.08 Å². The Morgan fingerprint density at radius 1 is 1.25 bits per heavy atom. The van der Waals surface area contributed by atoms with Crippen LogP contribution in [0.2, 0.25) is 0 Å². The minimum atomic E-state index is -0.183. The molecule has 86 valence electrons. The lowest BCUT2D eigenvalue weighted by Gasteiger charge is -2.29. The maximum Gasteiger partial charge on any atom is 0.125 e. The third-order valence-electron chi connectivity index (χ3n) is 2.64. The van der Waals surface area contributed by atoms with Crippen molar-refractivity contribution in [1.29, 1.82) is 0 Å². The van der Waals surface area contributed by atoms with Gasteiger partial charge in [-0.15, -0.1) is 0 Å². The smallest absolute Gasteiger partial charge is 0.125 e. The molecule has 0 spiro atoms. The molecule has 1 aliphatic rings. The number of hydrogen-bond acceptors (Lipinski definition) is 2. The van der Waals surface area contributed by atoms with Gasteiger partial charge in [0.15, 0.2) is 0 Å². The second-order valence-electron chi connectivity index (χ2n) is 3.84. The summed E-state index contributed by atoms with van der Waals surface area (Å²) in [5.41, 5.74) is 1.85. The number of allylic oxidation sites excluding steroid dienone is 1. The SMILES string of the molecule is C/C=C\c1cc(F)cc(N2CCOCC2)c1. The van der Waals surface area contributed by atoms with Crippen molar-refractivity contribution in [2.45, 2.75) is 6.92 Å². The summed E-state index contributed by atoms with van der Waals surface area (Å²) in [5.74, 6) is -0.183. The summed E-state index contributed by atoms with van der Waals surface area (Å²) in [6.45, 7) is 5.03. The van der Waals surface area contributed by atoms with Crippen molar-refractivity contribution in [1.82, 2.24) is 0 Å². The van der Waals surface area contributed by atoms with E-state index < -0.39 is 0 Å². The average molecular weight is 221 g/mol. The lowest BCUT2D eigenvalue weighted by Crippen LogP contribution is -2.36. The molecule has 0 radical (unpaired) electrons. The lowest BCUT2D eigenvalue weighted by atomic mass is 10.1. The van der Waals surface area contributed by atoms with Gasteiger partial charge in [0.25, 0.3) is 0 Å². The van der Waals surface area contributed by atoms with E-state index in [0.29, 0.717) is 0 Å². The van der Waals surface area contributed by atoms with E-state index in [0.717, 1.165) is 37.6 Å². The van der Waals surface area contributed by atoms with Crippen LogP contribution < -0.4 is 4.90 Å². The zero-order valence-electron chi connectivity index (χ0n) is 9.45. The third kappa shape index (κ3) is 2.61. The van der Waals surface area contributed by atoms with Gasteiger partial charge in [0, 0.05) is 18.8 Å². The van der Waals surface area contributed by atoms with E-state index >= 15 is 0 Å². The van der Waals surface area contributed by atoms with Gasteiger partial charge in [-0.05, 0) is 30.7 Å². The van der Waals surface area contributed by atoms with Crippen molar-refractivity contribution in [3.8, 4) is 0 Å². The van der Waals surface area contributed by atoms with Crippen LogP contribution in [-0.4, -0.2) is 26.3 Å². The molecule has 1 aliphatic heterocycles. The zero-order chi connectivity index (χ0) is 11.4. The highest BCUT2D eigenvalue weighted by molar-refractivity contribution is 5.58. The topological polar surface area (TPSA) is 12.5 Å². The number of benzene rings is 1. The number of morpholine rings is 1. The van der Waals surface area contributed by atoms with Crippen LogP contribution in [-0.2, 0) is 4.74 Å². The van der Waals surface area contributed by atoms with Crippen LogP contribution in [0.3, 0.4) is 0 Å². The number of ether oxygens (including phenoxy) is 1. The van der Waals surface area contributed by atoms with Crippen LogP contribution in [0.1, 0.15) is 12.5 Å². The lowest BCUT2D eigenvalue weighted by molar-refractivity contribution is 0.122. The molecule has 0 aromatic heterocycles. The summed E-state index contributed by atoms with van der Waals surface area (Å²) in [6.07, 6.45) is 3.82. The molecule has 0 amide bonds. The molecule has 16 heavy (non-hydrogen) atoms. The van der Waals surface area contributed by atoms with E-state index in [1.807, 2.05) is 25.1 Å². The van der Waals surface area contributed by atoms with E-state index in [1.54, 1.807) is 12.1 Å². The monoisotopic (exact) mass is 221 g/mol. The van der Waals surface area contributed by atoms with Gasteiger partial charge in [0.05, 0.1) is 13.2 Å². The molecule has 0 bridgehead atoms. The van der Waals surface area contributed by atoms with Gasteiger partial charge in [-0.2, -0.15) is 0 Å². The standard InChI is InChI=1S/C13H16FNO/c1-2-3-11-8-12(14)10-13(9-11)15-4-6-16-7-5-15/h2-3,8-10H,4-7H2,1H3/b3-2-. The van der Waals surface area contributed by atoms with Crippen molar-refractivity contribution >= 4 is 11.8 Å². The number of hydrogen-bond donors (Lipinski definition) is 0. The molecular formula is C13H16FNO. The fraction of sp³-hybridized carbons (Fsp3) is 0.385. The minimum absolute atomic E-state index is 0.183. The molecule has 1 fully saturated rings. The number of halogens is 1. The van der Waals surface area contributed by atoms with Gasteiger partial charge in [-0.1, -0.05) is 12.2 Å². The summed E-state index contributed by atoms with van der Waals surface area (Å²) in [5, 5.41) is 0. The summed E-state index contributed by atoms with van der Waals surface area (Å²) in [7, 11) is 0. The Bertz CT molecular complexity index is 384. The number of rotatable bonds is 2. The van der Waals surface area contributed by atoms with Crippen LogP contribution in [0, 0.1) is 5.82 Å². The van der Waals surface area contributed by atoms with Crippen LogP contribution in [0.4, 0.5) is 10.1 Å². The van der Waals surface area contributed by atoms with Gasteiger partial charge in [0.1, 0.15) is 5.82 Å². The Balaban J connectivity index is 2.25. The van der Waals surface area contributed by atoms with Crippen LogP contribution in [0.5, 0.6) is 0 Å². The molecule has 1 aromatic carbocycles. The highest BCUT2D eigenvalue weighted by atomic mass is 19.1. The fourth-order valence-electron chi connectivity index (χ4n) is 1.89. The summed E-state index contributed by atoms with van der Waals surface area (Å²) >= 11 is 0. The number of nitrogens with zero attached hydrogens (tertiary/aromatic N) is 1. The Hall–Kier alpha value is -1.35. The molecular weight excluding hydrogens is 205 g/mol. The molecule has 0 aliphatic carbocycles. The Kier molecular flexibility index (Phi) is 3.57. The second kappa shape index (κ2) is 5.12. The first-order valence-electron chi connectivity index (χ1n) is 5.55. The van der Waals surface area contributed by atoms with E-state index in [1.165, 1.54) is 0 Å². The minimum Gasteiger partial charge on any atom is -0.378 e. The van der Waals surface area contributed by atoms with Crippen molar-refractivity contribution in [3.63, 3.8) is 0 Å². The summed E-state index contributed by atoms with van der Waals surface area (Å²) in [4.78, 5) is 2.15. The number of anilines is 1. The van der Waals surface area contributed by atoms with E-state index in [9.17, 15) is 4.39 Å². The van der Waals surface area contributed by atoms with Crippen molar-refractivity contribution in [3.05, 3.63) is 35.7 Å². The summed E-state index contributed by atoms with van der Waals surface area (Å²) in [6, 6.07) is 5.14. The third-order valence-corrected chi connectivity index (χ3v) is 2.64. The Labute approximate surface area is 95.3 Å². The average Bonchev–Trinajstić information content (AvgIpc) is 2.30. The molecule has 0 atom stereocenters. The largest absolute Gasteiger partial charge is 0.378 e. The maximum atomic E-state index is 13.4. The van der Waals surface area contributed by atoms with Gasteiger partial charge in [-0.3, -0.25) is 0 Å². The molecule has 0 unspecified atom stereocenters. The molecule has 1 heterocycles. The molecule has 1 saturated heterocycles. The van der Waals surface area contributed by atoms with Crippen LogP contribution in [0.15, 0.2) is 24.3 Å². The van der Waals surface area contributed by atoms with Gasteiger partial charge in [-0.25, -0.2) is 4.39 Å². The van der Waals surface area contributed by atoms with Gasteiger partial charge >= 0.3 is 0 Å². The fourth-order valence-corrected chi connectivity index (χ4v) is 1.89. The van der Waals surface area contributed by atoms with Gasteiger partial charge < -0.3 is 9.64 Å². The van der Waals surface area contributed by atoms with Gasteiger partial charge in [0.2, 0.25) is 0 Å². The van der Waals surface area contributed by atoms with E-state index in [4.69, 9.17) is 4.74 Å². The van der Waals surface area contributed by atoms with E-state index in [-0.39, 0.29) is 5.82 Å². The Morgan fingerprint density at radius 2 is 2.00 bits per heavy atom. The molecule has 2 nitrogen and oxygen atoms in total. The quantitative estimate of drug-likeness (QED) is 0.761. The predicted molar refractivity (Wildman–Crippen MR) is 64.1 cm³/mol. The molecule has 0 N–H and O–H groups in total. The van der Waals surface area contributed by atoms with E-state index in [2.05, 4.69) is 4.90 Å². The predicted octanol–water partition coefficient (Wildman–Crippen LogP) is 2.70. The van der Waals surface area contributed by atoms with Crippen molar-refractivity contribution in [2.24, 2.45) is 0 Å². The summed E-state index contributed by atoms with van der Waals surface area (Å²) < 4.78 is 18.7. The molecule has 0 saturated carbocycles. The van der Waals surface area contributed by atoms with Crippen molar-refractivity contribution in [2.75, 3.05) is 31.2 Å². The highest BCUT2D eigenvalue weighted by Crippen LogP contribution is 2.20. The second-order valence-corrected chi connectivity index (χ2v) is 3.84. The maximum absolute atomic E-state index is 13.4. The molecule has 2 rings (SSSR count). The first-order chi connectivity index (χ1) is 7.79. The first kappa shape index (κ1) is 11.1. The highest BCUT2D eigenvalue weighted by Gasteiger charge is 2.12. The van der Waals surface area contributed by atoms with Crippen LogP contribution >= 0.6 is 0 Å². The Morgan fingerprint density at radius 3 is 2.69 bits per heavy atom. The first-order valence-corrected chi connectivity index (χ1v) is 5.55. The zero-order valence-corrected chi connectivity index (χ0v) is 9.45.